The summed E-state index contributed by atoms with van der Waals surface area (Å²) >= 11 is 0. The predicted octanol–water partition coefficient (Wildman–Crippen LogP) is -1.25. The van der Waals surface area contributed by atoms with Crippen molar-refractivity contribution < 1.29 is 37.1 Å². The monoisotopic (exact) mass is 322 g/mol. The summed E-state index contributed by atoms with van der Waals surface area (Å²) in [7, 11) is -5.32. The van der Waals surface area contributed by atoms with E-state index in [4.69, 9.17) is 19.7 Å². The molecule has 118 valence electrons. The Morgan fingerprint density at radius 1 is 1.14 bits per heavy atom. The smallest absolute Gasteiger partial charge is 0.417 e. The molecule has 21 heavy (non-hydrogen) atoms. The Bertz CT molecular complexity index is 576. The highest BCUT2D eigenvalue weighted by atomic mass is 32.3. The van der Waals surface area contributed by atoms with Crippen LogP contribution in [0.5, 0.6) is 11.5 Å². The largest absolute Gasteiger partial charge is 0.858 e. The maximum absolute atomic E-state index is 12.4. The van der Waals surface area contributed by atoms with Gasteiger partial charge < -0.3 is 24.8 Å². The van der Waals surface area contributed by atoms with Crippen molar-refractivity contribution in [3.05, 3.63) is 23.8 Å². The van der Waals surface area contributed by atoms with Crippen LogP contribution in [0.3, 0.4) is 0 Å². The third-order valence-electron chi connectivity index (χ3n) is 2.04. The van der Waals surface area contributed by atoms with Gasteiger partial charge in [-0.2, -0.15) is 12.8 Å². The lowest BCUT2D eigenvalue weighted by molar-refractivity contribution is -0.212. The number of nitrogens with zero attached hydrogens (tertiary/aromatic N) is 1. The van der Waals surface area contributed by atoms with Crippen LogP contribution in [0.1, 0.15) is 5.56 Å². The van der Waals surface area contributed by atoms with Crippen molar-refractivity contribution in [2.45, 2.75) is 0 Å². The average Bonchev–Trinajstić information content (AvgIpc) is 2.40. The third kappa shape index (κ3) is 6.38. The highest BCUT2D eigenvalue weighted by Gasteiger charge is 2.07. The highest BCUT2D eigenvalue weighted by Crippen LogP contribution is 2.23. The molecule has 0 amide bonds. The molecular weight excluding hydrogens is 309 g/mol. The van der Waals surface area contributed by atoms with E-state index >= 15 is 0 Å². The molecular formula is C11H13FNO7S-. The fourth-order valence-electron chi connectivity index (χ4n) is 1.34. The minimum atomic E-state index is -5.32. The number of aliphatic hydroxyl groups excluding tert-OH is 2. The van der Waals surface area contributed by atoms with Gasteiger partial charge in [-0.05, 0) is 17.7 Å². The van der Waals surface area contributed by atoms with E-state index in [1.807, 2.05) is 0 Å². The van der Waals surface area contributed by atoms with Crippen molar-refractivity contribution in [3.8, 4) is 11.5 Å². The van der Waals surface area contributed by atoms with Crippen LogP contribution in [-0.4, -0.2) is 51.0 Å². The van der Waals surface area contributed by atoms with Crippen LogP contribution in [0, 0.1) is 0 Å². The summed E-state index contributed by atoms with van der Waals surface area (Å²) in [6, 6.07) is 3.60. The maximum atomic E-state index is 12.4. The van der Waals surface area contributed by atoms with E-state index in [0.29, 0.717) is 0 Å². The SMILES string of the molecule is O=S(=O)(F)/N=C(\[O-])c1cc(OCCO)cc(OCCO)c1. The fourth-order valence-corrected chi connectivity index (χ4v) is 1.64. The van der Waals surface area contributed by atoms with Crippen molar-refractivity contribution in [1.29, 1.82) is 0 Å². The Kier molecular flexibility index (Phi) is 6.34. The van der Waals surface area contributed by atoms with Gasteiger partial charge in [-0.1, -0.05) is 3.89 Å². The third-order valence-corrected chi connectivity index (χ3v) is 2.42. The molecule has 1 aromatic rings. The molecule has 0 heterocycles. The van der Waals surface area contributed by atoms with Gasteiger partial charge in [-0.25, -0.2) is 0 Å². The molecule has 0 spiro atoms. The molecule has 0 saturated heterocycles. The molecule has 0 aliphatic heterocycles. The zero-order chi connectivity index (χ0) is 15.9. The van der Waals surface area contributed by atoms with Gasteiger partial charge in [-0.3, -0.25) is 0 Å². The van der Waals surface area contributed by atoms with Gasteiger partial charge >= 0.3 is 10.4 Å². The number of halogens is 1. The molecule has 1 rings (SSSR count). The number of rotatable bonds is 8. The van der Waals surface area contributed by atoms with Crippen molar-refractivity contribution in [1.82, 2.24) is 0 Å². The summed E-state index contributed by atoms with van der Waals surface area (Å²) in [6.45, 7) is -0.715. The standard InChI is InChI=1S/C11H14FNO7S/c12-21(17,18)13-11(16)8-5-9(19-3-1-14)7-10(6-8)20-4-2-15/h5-7,14-15H,1-4H2,(H,13,16)/p-1. The first kappa shape index (κ1) is 17.1. The second-order valence-electron chi connectivity index (χ2n) is 3.65. The van der Waals surface area contributed by atoms with E-state index in [1.54, 1.807) is 0 Å². The molecule has 1 aromatic carbocycles. The van der Waals surface area contributed by atoms with E-state index in [9.17, 15) is 17.4 Å². The fraction of sp³-hybridized carbons (Fsp3) is 0.364. The molecule has 2 N–H and O–H groups in total. The number of hydrogen-bond donors (Lipinski definition) is 2. The van der Waals surface area contributed by atoms with Crippen LogP contribution < -0.4 is 14.6 Å². The highest BCUT2D eigenvalue weighted by molar-refractivity contribution is 7.85. The second-order valence-corrected chi connectivity index (χ2v) is 4.65. The van der Waals surface area contributed by atoms with Crippen LogP contribution in [0.2, 0.25) is 0 Å². The lowest BCUT2D eigenvalue weighted by Crippen LogP contribution is -2.20. The lowest BCUT2D eigenvalue weighted by Gasteiger charge is -2.14. The van der Waals surface area contributed by atoms with Gasteiger partial charge in [0.1, 0.15) is 24.7 Å². The quantitative estimate of drug-likeness (QED) is 0.347. The lowest BCUT2D eigenvalue weighted by atomic mass is 10.2. The molecule has 8 nitrogen and oxygen atoms in total. The first-order valence-electron chi connectivity index (χ1n) is 5.70. The van der Waals surface area contributed by atoms with E-state index < -0.39 is 16.3 Å². The van der Waals surface area contributed by atoms with Crippen molar-refractivity contribution in [2.24, 2.45) is 4.40 Å². The van der Waals surface area contributed by atoms with Gasteiger partial charge in [0, 0.05) is 12.0 Å². The summed E-state index contributed by atoms with van der Waals surface area (Å²) in [5, 5.41) is 28.8. The summed E-state index contributed by atoms with van der Waals surface area (Å²) in [6.07, 6.45) is 0. The second kappa shape index (κ2) is 7.76. The first-order chi connectivity index (χ1) is 9.85. The van der Waals surface area contributed by atoms with Crippen LogP contribution in [0.25, 0.3) is 0 Å². The zero-order valence-corrected chi connectivity index (χ0v) is 11.5. The zero-order valence-electron chi connectivity index (χ0n) is 10.7. The molecule has 0 aromatic heterocycles. The van der Waals surface area contributed by atoms with Crippen molar-refractivity contribution in [3.63, 3.8) is 0 Å². The van der Waals surface area contributed by atoms with E-state index in [0.717, 1.165) is 12.1 Å². The molecule has 0 fully saturated rings. The minimum Gasteiger partial charge on any atom is -0.858 e. The van der Waals surface area contributed by atoms with Crippen molar-refractivity contribution >= 4 is 16.3 Å². The molecule has 0 aliphatic rings. The molecule has 0 unspecified atom stereocenters. The molecule has 0 saturated carbocycles. The molecule has 0 aliphatic carbocycles. The topological polar surface area (TPSA) is 128 Å². The Morgan fingerprint density at radius 3 is 2.00 bits per heavy atom. The van der Waals surface area contributed by atoms with E-state index in [-0.39, 0.29) is 43.5 Å². The van der Waals surface area contributed by atoms with Crippen molar-refractivity contribution in [2.75, 3.05) is 26.4 Å². The number of aliphatic hydroxyl groups is 2. The summed E-state index contributed by atoms with van der Waals surface area (Å²) in [4.78, 5) is 0. The normalized spacial score (nSPS) is 12.2. The molecule has 0 radical (unpaired) electrons. The van der Waals surface area contributed by atoms with E-state index in [1.165, 1.54) is 6.07 Å². The molecule has 10 heteroatoms. The summed E-state index contributed by atoms with van der Waals surface area (Å²) in [5.41, 5.74) is -0.278. The molecule has 0 bridgehead atoms. The van der Waals surface area contributed by atoms with Gasteiger partial charge in [0.2, 0.25) is 0 Å². The maximum Gasteiger partial charge on any atom is 0.417 e. The average molecular weight is 322 g/mol. The van der Waals surface area contributed by atoms with E-state index in [2.05, 4.69) is 4.40 Å². The summed E-state index contributed by atoms with van der Waals surface area (Å²) < 4.78 is 45.6. The number of hydrogen-bond acceptors (Lipinski definition) is 7. The number of benzene rings is 1. The number of ether oxygens (including phenoxy) is 2. The predicted molar refractivity (Wildman–Crippen MR) is 68.2 cm³/mol. The van der Waals surface area contributed by atoms with Gasteiger partial charge in [-0.15, -0.1) is 0 Å². The van der Waals surface area contributed by atoms with Crippen LogP contribution in [0.4, 0.5) is 3.89 Å². The first-order valence-corrected chi connectivity index (χ1v) is 7.04. The minimum absolute atomic E-state index is 0.0738. The van der Waals surface area contributed by atoms with Gasteiger partial charge in [0.15, 0.2) is 0 Å². The Morgan fingerprint density at radius 2 is 1.62 bits per heavy atom. The Hall–Kier alpha value is -1.91. The Balaban J connectivity index is 3.14. The Labute approximate surface area is 120 Å². The molecule has 0 atom stereocenters. The van der Waals surface area contributed by atoms with Crippen LogP contribution in [-0.2, 0) is 10.4 Å². The van der Waals surface area contributed by atoms with Gasteiger partial charge in [0.05, 0.1) is 13.2 Å². The van der Waals surface area contributed by atoms with Crippen LogP contribution in [0.15, 0.2) is 22.6 Å². The summed E-state index contributed by atoms with van der Waals surface area (Å²) in [5.74, 6) is -1.15. The van der Waals surface area contributed by atoms with Crippen LogP contribution >= 0.6 is 0 Å². The van der Waals surface area contributed by atoms with Gasteiger partial charge in [0.25, 0.3) is 0 Å².